The van der Waals surface area contributed by atoms with Gasteiger partial charge in [0.15, 0.2) is 22.5 Å². The van der Waals surface area contributed by atoms with E-state index in [4.69, 9.17) is 9.97 Å². The van der Waals surface area contributed by atoms with E-state index in [9.17, 15) is 19.2 Å². The van der Waals surface area contributed by atoms with E-state index in [0.717, 1.165) is 105 Å². The van der Waals surface area contributed by atoms with Crippen molar-refractivity contribution in [2.24, 2.45) is 0 Å². The zero-order valence-corrected chi connectivity index (χ0v) is 74.6. The van der Waals surface area contributed by atoms with E-state index in [1.807, 2.05) is 48.7 Å². The number of hydrogen-bond donors (Lipinski definition) is 0. The van der Waals surface area contributed by atoms with Gasteiger partial charge in [0, 0.05) is 114 Å². The molecule has 0 spiro atoms. The second-order valence-corrected chi connectivity index (χ2v) is 34.7. The van der Waals surface area contributed by atoms with Gasteiger partial charge in [0.2, 0.25) is 0 Å². The third-order valence-corrected chi connectivity index (χ3v) is 20.4. The summed E-state index contributed by atoms with van der Waals surface area (Å²) in [5, 5.41) is 10.1. The van der Waals surface area contributed by atoms with Crippen LogP contribution in [0.3, 0.4) is 0 Å². The molecule has 107 heavy (non-hydrogen) atoms. The number of hydrogen-bond acceptors (Lipinski definition) is 8. The summed E-state index contributed by atoms with van der Waals surface area (Å²) in [4.78, 5) is 69.3. The van der Waals surface area contributed by atoms with Gasteiger partial charge < -0.3 is 36.8 Å². The van der Waals surface area contributed by atoms with E-state index in [1.54, 1.807) is 41.9 Å². The monoisotopic (exact) mass is 2130 g/mol. The largest absolute Gasteiger partial charge is 0.404 e. The van der Waals surface area contributed by atoms with E-state index < -0.39 is 0 Å². The normalized spacial score (nSPS) is 12.9. The van der Waals surface area contributed by atoms with Crippen LogP contribution >= 0.6 is 0 Å². The molecule has 9 aromatic heterocycles. The van der Waals surface area contributed by atoms with E-state index in [-0.39, 0.29) is 141 Å². The number of fused-ring (bicyclic) bond motifs is 13. The Hall–Kier alpha value is -7.86. The topological polar surface area (TPSA) is 137 Å². The minimum Gasteiger partial charge on any atom is -0.404 e. The summed E-state index contributed by atoms with van der Waals surface area (Å²) in [7, 11) is 0. The fraction of sp³-hybridized carbons (Fsp3) is 0.319. The van der Waals surface area contributed by atoms with E-state index in [2.05, 4.69) is 272 Å². The number of nitrogens with zero attached hydrogens (tertiary/aromatic N) is 8. The molecule has 9 heterocycles. The molecule has 0 aliphatic heterocycles. The van der Waals surface area contributed by atoms with Crippen molar-refractivity contribution in [1.29, 1.82) is 0 Å². The van der Waals surface area contributed by atoms with Crippen LogP contribution in [0.25, 0.3) is 98.7 Å². The zero-order chi connectivity index (χ0) is 74.3. The van der Waals surface area contributed by atoms with Crippen LogP contribution in [-0.4, -0.2) is 37.5 Å². The molecular weight excluding hydrogens is 2040 g/mol. The van der Waals surface area contributed by atoms with Gasteiger partial charge in [0.05, 0.1) is 5.65 Å². The van der Waals surface area contributed by atoms with E-state index in [0.29, 0.717) is 11.5 Å². The summed E-state index contributed by atoms with van der Waals surface area (Å²) in [6.45, 7) is 47.2. The minimum absolute atomic E-state index is 0. The minimum atomic E-state index is -0.275. The summed E-state index contributed by atoms with van der Waals surface area (Å²) in [6.07, 6.45) is 14.3. The van der Waals surface area contributed by atoms with Crippen molar-refractivity contribution in [2.45, 2.75) is 190 Å². The van der Waals surface area contributed by atoms with Crippen LogP contribution in [0.15, 0.2) is 177 Å². The van der Waals surface area contributed by atoms with Crippen LogP contribution < -0.4 is 22.4 Å². The summed E-state index contributed by atoms with van der Waals surface area (Å²) in [5.41, 5.74) is 17.4. The Labute approximate surface area is 681 Å². The number of benzene rings is 6. The Morgan fingerprint density at radius 2 is 0.935 bits per heavy atom. The quantitative estimate of drug-likeness (QED) is 0.117. The molecule has 560 valence electrons. The molecule has 4 radical (unpaired) electrons. The molecule has 0 atom stereocenters. The van der Waals surface area contributed by atoms with Gasteiger partial charge in [-0.05, 0) is 137 Å². The summed E-state index contributed by atoms with van der Waals surface area (Å²) in [6, 6.07) is 50.9. The predicted octanol–water partition coefficient (Wildman–Crippen LogP) is 19.5. The van der Waals surface area contributed by atoms with Crippen LogP contribution in [0.1, 0.15) is 194 Å². The molecule has 0 amide bonds. The van der Waals surface area contributed by atoms with Gasteiger partial charge in [0.1, 0.15) is 0 Å². The van der Waals surface area contributed by atoms with Gasteiger partial charge >= 0.3 is 0 Å². The van der Waals surface area contributed by atoms with Gasteiger partial charge in [-0.1, -0.05) is 316 Å². The van der Waals surface area contributed by atoms with Crippen molar-refractivity contribution in [1.82, 2.24) is 37.5 Å². The molecule has 16 heteroatoms. The number of aromatic nitrogens is 8. The van der Waals surface area contributed by atoms with E-state index >= 15 is 0 Å². The summed E-state index contributed by atoms with van der Waals surface area (Å²) >= 11 is 0. The molecule has 0 bridgehead atoms. The average Bonchev–Trinajstić information content (AvgIpc) is 1.72. The molecular formula is C91H92Ir4N8O4-4. The fourth-order valence-corrected chi connectivity index (χ4v) is 14.5. The smallest absolute Gasteiger partial charge is 0.265 e. The van der Waals surface area contributed by atoms with Crippen molar-refractivity contribution >= 4 is 76.2 Å². The molecule has 16 rings (SSSR count). The Kier molecular flexibility index (Phi) is 23.2. The summed E-state index contributed by atoms with van der Waals surface area (Å²) in [5.74, 6) is 0.680. The third kappa shape index (κ3) is 15.5. The van der Waals surface area contributed by atoms with Crippen LogP contribution in [-0.2, 0) is 118 Å². The van der Waals surface area contributed by atoms with Crippen molar-refractivity contribution in [3.05, 3.63) is 280 Å². The van der Waals surface area contributed by atoms with Gasteiger partial charge in [-0.25, -0.2) is 15.0 Å². The number of pyridine rings is 6. The standard InChI is InChI=1S/C24H25N2O.C23H22N3O.C23H24NO.C21H21N2O.4Ir/c1-23(2,3)18-9-7-8-17-16(18)11-10-15-12-13-26-19(21(15)17)14-20(24(4,5)6)25-22(26)27;1-14-7-6-8-15(2)20(14)22-24-13-16-9-10-26-18(21(16)25-22)11-17(12-19(26)27)23(3,4)5;1-22(2,3)16-11-14-7-8-17-18(23(4,5)6)13-19(25)24-10-9-15(12-16)20(14)21(17)24;1-20(2,3)16-12-17(24)23-11-10-15-18(19(23)22-16)13-8-6-7-9-14(13)21(15,4)5;;;;/h7-12,14H,1-6H3;6-9,11-13H,1-5H3;7-9,11-13H,1-6H3;6-10,12H,1-5H3;;;;/q4*-1;;;;. The first-order chi connectivity index (χ1) is 48.1. The molecule has 12 nitrogen and oxygen atoms in total. The first-order valence-electron chi connectivity index (χ1n) is 35.6. The molecule has 15 aromatic rings. The van der Waals surface area contributed by atoms with Gasteiger partial charge in [-0.2, -0.15) is 0 Å². The SMILES string of the molecule is CC(C)(C)c1cc(=O)n2[c-]cc3c(c2n1)-c1ccccc1C3(C)C.CC(C)(C)c1cc2c3c(c[c-]n2c(=O)n1)ccc1c(C(C)(C)C)cccc13.CC(C)(C)c1cc2c[c-]n3c(=O)cc(C(C)(C)C)c4ccc(c1)c2c43.Cc1cccc(C)c1-c1ncc2c[c-]n3c(=O)cc(C(C)(C)C)cc3c2n1.[Ir].[Ir].[Ir].[Ir]. The van der Waals surface area contributed by atoms with Crippen molar-refractivity contribution in [3.8, 4) is 22.5 Å². The fourth-order valence-electron chi connectivity index (χ4n) is 14.5. The molecule has 6 aromatic carbocycles. The first kappa shape index (κ1) is 83.2. The van der Waals surface area contributed by atoms with E-state index in [1.165, 1.54) is 38.6 Å². The molecule has 0 saturated heterocycles. The zero-order valence-electron chi connectivity index (χ0n) is 65.1. The van der Waals surface area contributed by atoms with Crippen LogP contribution in [0.2, 0.25) is 0 Å². The number of aryl methyl sites for hydroxylation is 2. The maximum atomic E-state index is 12.7. The second kappa shape index (κ2) is 29.8. The average molecular weight is 2130 g/mol. The Bertz CT molecular complexity index is 6200. The summed E-state index contributed by atoms with van der Waals surface area (Å²) < 4.78 is 6.31. The predicted molar refractivity (Wildman–Crippen MR) is 425 cm³/mol. The van der Waals surface area contributed by atoms with Crippen LogP contribution in [0, 0.1) is 38.6 Å². The Balaban J connectivity index is 0.000000163. The van der Waals surface area contributed by atoms with Crippen molar-refractivity contribution < 1.29 is 80.4 Å². The molecule has 1 aliphatic carbocycles. The molecule has 0 N–H and O–H groups in total. The van der Waals surface area contributed by atoms with Crippen LogP contribution in [0.4, 0.5) is 0 Å². The molecule has 0 fully saturated rings. The maximum Gasteiger partial charge on any atom is 0.265 e. The Morgan fingerprint density at radius 3 is 1.58 bits per heavy atom. The van der Waals surface area contributed by atoms with Crippen molar-refractivity contribution in [3.63, 3.8) is 0 Å². The Morgan fingerprint density at radius 1 is 0.393 bits per heavy atom. The van der Waals surface area contributed by atoms with Gasteiger partial charge in [-0.3, -0.25) is 4.98 Å². The molecule has 0 unspecified atom stereocenters. The van der Waals surface area contributed by atoms with Gasteiger partial charge in [-0.15, -0.1) is 29.8 Å². The molecule has 1 aliphatic rings. The maximum absolute atomic E-state index is 12.7. The molecule has 0 saturated carbocycles. The first-order valence-corrected chi connectivity index (χ1v) is 35.6. The van der Waals surface area contributed by atoms with Crippen LogP contribution in [0.5, 0.6) is 0 Å². The third-order valence-electron chi connectivity index (χ3n) is 20.4. The van der Waals surface area contributed by atoms with Gasteiger partial charge in [0.25, 0.3) is 5.69 Å². The second-order valence-electron chi connectivity index (χ2n) is 34.7. The van der Waals surface area contributed by atoms with Crippen molar-refractivity contribution in [2.75, 3.05) is 0 Å². The number of rotatable bonds is 1.